The Morgan fingerprint density at radius 2 is 2.04 bits per heavy atom. The zero-order valence-electron chi connectivity index (χ0n) is 13.1. The molecule has 6 heteroatoms. The zero-order chi connectivity index (χ0) is 16.2. The van der Waals surface area contributed by atoms with Gasteiger partial charge in [-0.3, -0.25) is 14.7 Å². The highest BCUT2D eigenvalue weighted by Gasteiger charge is 2.21. The third kappa shape index (κ3) is 3.41. The summed E-state index contributed by atoms with van der Waals surface area (Å²) in [5.41, 5.74) is 2.71. The molecule has 0 bridgehead atoms. The number of carbonyl (C=O) groups is 1. The summed E-state index contributed by atoms with van der Waals surface area (Å²) in [6, 6.07) is 10.3. The van der Waals surface area contributed by atoms with Crippen molar-refractivity contribution in [3.8, 4) is 6.07 Å². The van der Waals surface area contributed by atoms with E-state index in [0.29, 0.717) is 18.9 Å². The van der Waals surface area contributed by atoms with E-state index in [0.717, 1.165) is 30.9 Å². The van der Waals surface area contributed by atoms with E-state index in [2.05, 4.69) is 16.0 Å². The Labute approximate surface area is 135 Å². The first-order chi connectivity index (χ1) is 11.2. The highest BCUT2D eigenvalue weighted by molar-refractivity contribution is 5.79. The third-order valence-corrected chi connectivity index (χ3v) is 4.16. The lowest BCUT2D eigenvalue weighted by atomic mass is 10.1. The quantitative estimate of drug-likeness (QED) is 0.842. The lowest BCUT2D eigenvalue weighted by Crippen LogP contribution is -2.47. The summed E-state index contributed by atoms with van der Waals surface area (Å²) in [6.45, 7) is 3.37. The van der Waals surface area contributed by atoms with Crippen molar-refractivity contribution in [2.24, 2.45) is 4.99 Å². The molecule has 0 radical (unpaired) electrons. The predicted molar refractivity (Wildman–Crippen MR) is 88.9 cm³/mol. The molecular formula is C17H19N5O. The minimum Gasteiger partial charge on any atom is -0.343 e. The predicted octanol–water partition coefficient (Wildman–Crippen LogP) is 1.22. The molecule has 1 saturated heterocycles. The Bertz CT molecular complexity index is 686. The smallest absolute Gasteiger partial charge is 0.236 e. The Hall–Kier alpha value is -2.65. The molecule has 0 N–H and O–H groups in total. The third-order valence-electron chi connectivity index (χ3n) is 4.16. The normalized spacial score (nSPS) is 18.8. The van der Waals surface area contributed by atoms with Gasteiger partial charge < -0.3 is 9.80 Å². The lowest BCUT2D eigenvalue weighted by Gasteiger charge is -2.32. The van der Waals surface area contributed by atoms with Crippen LogP contribution in [0.3, 0.4) is 0 Å². The summed E-state index contributed by atoms with van der Waals surface area (Å²) in [5.74, 6) is 0.169. The van der Waals surface area contributed by atoms with Crippen molar-refractivity contribution in [2.45, 2.75) is 6.54 Å². The molecule has 0 aliphatic carbocycles. The second-order valence-electron chi connectivity index (χ2n) is 5.76. The molecule has 2 aliphatic heterocycles. The highest BCUT2D eigenvalue weighted by atomic mass is 16.2. The van der Waals surface area contributed by atoms with Crippen LogP contribution in [-0.4, -0.2) is 55.3 Å². The molecule has 0 atom stereocenters. The van der Waals surface area contributed by atoms with E-state index in [4.69, 9.17) is 0 Å². The number of carbonyl (C=O) groups excluding carboxylic acids is 1. The molecule has 0 unspecified atom stereocenters. The average Bonchev–Trinajstić information content (AvgIpc) is 2.59. The van der Waals surface area contributed by atoms with E-state index in [1.54, 1.807) is 17.2 Å². The number of hydrogen-bond acceptors (Lipinski definition) is 5. The van der Waals surface area contributed by atoms with Crippen molar-refractivity contribution in [1.82, 2.24) is 9.80 Å². The molecular weight excluding hydrogens is 290 g/mol. The summed E-state index contributed by atoms with van der Waals surface area (Å²) in [4.78, 5) is 21.7. The van der Waals surface area contributed by atoms with E-state index in [1.807, 2.05) is 36.2 Å². The summed E-state index contributed by atoms with van der Waals surface area (Å²) in [5, 5.41) is 9.18. The van der Waals surface area contributed by atoms with Crippen molar-refractivity contribution in [2.75, 3.05) is 38.3 Å². The van der Waals surface area contributed by atoms with Crippen LogP contribution < -0.4 is 4.90 Å². The standard InChI is InChI=1S/C17H19N5O/c1-20-8-9-21(12-17(20)23)11-14-2-4-15(5-3-14)22-13-19-7-6-16(22)10-18/h2-7H,8-9,11-13H2,1H3. The number of likely N-dealkylation sites (N-methyl/N-ethyl adjacent to an activating group) is 1. The first-order valence-corrected chi connectivity index (χ1v) is 7.60. The molecule has 1 aromatic rings. The highest BCUT2D eigenvalue weighted by Crippen LogP contribution is 2.21. The fourth-order valence-electron chi connectivity index (χ4n) is 2.72. The molecule has 0 aromatic heterocycles. The second-order valence-corrected chi connectivity index (χ2v) is 5.76. The number of anilines is 1. The van der Waals surface area contributed by atoms with Crippen molar-refractivity contribution in [3.05, 3.63) is 41.6 Å². The number of hydrogen-bond donors (Lipinski definition) is 0. The monoisotopic (exact) mass is 309 g/mol. The SMILES string of the molecule is CN1CCN(Cc2ccc(N3CN=CC=C3C#N)cc2)CC1=O. The fraction of sp³-hybridized carbons (Fsp3) is 0.353. The Morgan fingerprint density at radius 1 is 1.26 bits per heavy atom. The summed E-state index contributed by atoms with van der Waals surface area (Å²) < 4.78 is 0. The molecule has 1 aromatic carbocycles. The largest absolute Gasteiger partial charge is 0.343 e. The minimum atomic E-state index is 0.169. The molecule has 2 aliphatic rings. The van der Waals surface area contributed by atoms with E-state index >= 15 is 0 Å². The van der Waals surface area contributed by atoms with Crippen LogP contribution in [0, 0.1) is 11.3 Å². The number of amides is 1. The van der Waals surface area contributed by atoms with E-state index in [9.17, 15) is 10.1 Å². The van der Waals surface area contributed by atoms with Gasteiger partial charge in [0.15, 0.2) is 0 Å². The van der Waals surface area contributed by atoms with Gasteiger partial charge in [0.2, 0.25) is 5.91 Å². The van der Waals surface area contributed by atoms with Crippen molar-refractivity contribution >= 4 is 17.8 Å². The Balaban J connectivity index is 1.66. The van der Waals surface area contributed by atoms with E-state index in [-0.39, 0.29) is 5.91 Å². The first kappa shape index (κ1) is 15.3. The summed E-state index contributed by atoms with van der Waals surface area (Å²) in [6.07, 6.45) is 3.38. The molecule has 23 heavy (non-hydrogen) atoms. The lowest BCUT2D eigenvalue weighted by molar-refractivity contribution is -0.134. The van der Waals surface area contributed by atoms with Gasteiger partial charge in [-0.2, -0.15) is 5.26 Å². The van der Waals surface area contributed by atoms with Gasteiger partial charge in [-0.05, 0) is 23.8 Å². The minimum absolute atomic E-state index is 0.169. The number of nitriles is 1. The number of benzene rings is 1. The van der Waals surface area contributed by atoms with Crippen LogP contribution in [0.1, 0.15) is 5.56 Å². The van der Waals surface area contributed by atoms with Gasteiger partial charge in [0.25, 0.3) is 0 Å². The van der Waals surface area contributed by atoms with Gasteiger partial charge in [-0.25, -0.2) is 0 Å². The number of piperazine rings is 1. The Morgan fingerprint density at radius 3 is 2.74 bits per heavy atom. The van der Waals surface area contributed by atoms with Crippen LogP contribution in [0.5, 0.6) is 0 Å². The topological polar surface area (TPSA) is 62.9 Å². The van der Waals surface area contributed by atoms with Crippen LogP contribution in [0.15, 0.2) is 41.0 Å². The maximum absolute atomic E-state index is 11.8. The van der Waals surface area contributed by atoms with Crippen LogP contribution in [0.2, 0.25) is 0 Å². The van der Waals surface area contributed by atoms with E-state index < -0.39 is 0 Å². The number of allylic oxidation sites excluding steroid dienone is 2. The molecule has 2 heterocycles. The Kier molecular flexibility index (Phi) is 4.40. The van der Waals surface area contributed by atoms with Crippen molar-refractivity contribution in [3.63, 3.8) is 0 Å². The first-order valence-electron chi connectivity index (χ1n) is 7.60. The van der Waals surface area contributed by atoms with Crippen LogP contribution in [-0.2, 0) is 11.3 Å². The van der Waals surface area contributed by atoms with Crippen molar-refractivity contribution in [1.29, 1.82) is 5.26 Å². The van der Waals surface area contributed by atoms with Gasteiger partial charge in [-0.1, -0.05) is 12.1 Å². The van der Waals surface area contributed by atoms with Crippen LogP contribution in [0.25, 0.3) is 0 Å². The molecule has 1 amide bonds. The zero-order valence-corrected chi connectivity index (χ0v) is 13.1. The number of nitrogens with zero attached hydrogens (tertiary/aromatic N) is 5. The van der Waals surface area contributed by atoms with Crippen molar-refractivity contribution < 1.29 is 4.79 Å². The van der Waals surface area contributed by atoms with Gasteiger partial charge >= 0.3 is 0 Å². The molecule has 6 nitrogen and oxygen atoms in total. The molecule has 118 valence electrons. The number of aliphatic imine (C=N–C) groups is 1. The maximum Gasteiger partial charge on any atom is 0.236 e. The van der Waals surface area contributed by atoms with Gasteiger partial charge in [-0.15, -0.1) is 0 Å². The average molecular weight is 309 g/mol. The maximum atomic E-state index is 11.8. The number of rotatable bonds is 3. The summed E-state index contributed by atoms with van der Waals surface area (Å²) >= 11 is 0. The van der Waals surface area contributed by atoms with Gasteiger partial charge in [0.05, 0.1) is 6.54 Å². The second kappa shape index (κ2) is 6.63. The fourth-order valence-corrected chi connectivity index (χ4v) is 2.72. The van der Waals surface area contributed by atoms with Crippen LogP contribution in [0.4, 0.5) is 5.69 Å². The summed E-state index contributed by atoms with van der Waals surface area (Å²) in [7, 11) is 1.84. The van der Waals surface area contributed by atoms with Gasteiger partial charge in [0.1, 0.15) is 18.4 Å². The molecule has 0 spiro atoms. The van der Waals surface area contributed by atoms with Gasteiger partial charge in [0, 0.05) is 38.6 Å². The molecule has 0 saturated carbocycles. The van der Waals surface area contributed by atoms with Crippen LogP contribution >= 0.6 is 0 Å². The van der Waals surface area contributed by atoms with E-state index in [1.165, 1.54) is 0 Å². The molecule has 3 rings (SSSR count). The molecule has 1 fully saturated rings.